The van der Waals surface area contributed by atoms with Crippen LogP contribution in [0.5, 0.6) is 0 Å². The number of carboxylic acids is 1. The van der Waals surface area contributed by atoms with Crippen LogP contribution in [-0.2, 0) is 9.59 Å². The van der Waals surface area contributed by atoms with Crippen molar-refractivity contribution < 1.29 is 14.7 Å². The van der Waals surface area contributed by atoms with Crippen molar-refractivity contribution in [3.63, 3.8) is 0 Å². The fourth-order valence-corrected chi connectivity index (χ4v) is 5.71. The minimum atomic E-state index is -0.939. The monoisotopic (exact) mass is 307 g/mol. The highest BCUT2D eigenvalue weighted by molar-refractivity contribution is 5.84. The average molecular weight is 307 g/mol. The third-order valence-corrected chi connectivity index (χ3v) is 6.12. The fraction of sp³-hybridized carbons (Fsp3) is 0.889. The normalized spacial score (nSPS) is 37.9. The first-order valence-corrected chi connectivity index (χ1v) is 8.69. The summed E-state index contributed by atoms with van der Waals surface area (Å²) < 4.78 is 0. The van der Waals surface area contributed by atoms with E-state index in [0.29, 0.717) is 6.42 Å². The van der Waals surface area contributed by atoms with E-state index < -0.39 is 17.4 Å². The second kappa shape index (κ2) is 5.24. The molecule has 1 amide bonds. The summed E-state index contributed by atoms with van der Waals surface area (Å²) in [7, 11) is 0. The standard InChI is InChI=1S/C18H29NO3/c1-17(2,3)15(16(21)22)19-14(20)10-18-7-11-4-12(8-18)6-13(5-11)9-18/h11-13,15H,4-10H2,1-3H3,(H,19,20)(H,21,22)/t11?,12?,13?,15-,18?/m1/s1. The molecule has 2 N–H and O–H groups in total. The van der Waals surface area contributed by atoms with Crippen LogP contribution in [-0.4, -0.2) is 23.0 Å². The summed E-state index contributed by atoms with van der Waals surface area (Å²) in [6.07, 6.45) is 8.15. The van der Waals surface area contributed by atoms with E-state index in [4.69, 9.17) is 0 Å². The number of hydrogen-bond acceptors (Lipinski definition) is 2. The van der Waals surface area contributed by atoms with Gasteiger partial charge in [-0.25, -0.2) is 4.79 Å². The van der Waals surface area contributed by atoms with Crippen molar-refractivity contribution in [3.05, 3.63) is 0 Å². The number of amides is 1. The molecule has 0 spiro atoms. The van der Waals surface area contributed by atoms with Crippen LogP contribution < -0.4 is 5.32 Å². The molecule has 0 saturated heterocycles. The molecule has 4 rings (SSSR count). The minimum Gasteiger partial charge on any atom is -0.480 e. The first-order chi connectivity index (χ1) is 10.2. The van der Waals surface area contributed by atoms with Crippen LogP contribution in [0.1, 0.15) is 65.7 Å². The van der Waals surface area contributed by atoms with Crippen molar-refractivity contribution in [3.8, 4) is 0 Å². The van der Waals surface area contributed by atoms with Crippen LogP contribution in [0.3, 0.4) is 0 Å². The summed E-state index contributed by atoms with van der Waals surface area (Å²) in [6.45, 7) is 5.57. The van der Waals surface area contributed by atoms with E-state index in [2.05, 4.69) is 5.32 Å². The van der Waals surface area contributed by atoms with Gasteiger partial charge in [0.05, 0.1) is 0 Å². The van der Waals surface area contributed by atoms with Gasteiger partial charge in [0.25, 0.3) is 0 Å². The Bertz CT molecular complexity index is 442. The number of aliphatic carboxylic acids is 1. The lowest BCUT2D eigenvalue weighted by Crippen LogP contribution is -2.52. The van der Waals surface area contributed by atoms with Gasteiger partial charge in [-0.3, -0.25) is 4.79 Å². The zero-order valence-corrected chi connectivity index (χ0v) is 14.0. The summed E-state index contributed by atoms with van der Waals surface area (Å²) in [6, 6.07) is -0.811. The lowest BCUT2D eigenvalue weighted by atomic mass is 9.49. The Balaban J connectivity index is 1.65. The van der Waals surface area contributed by atoms with Crippen LogP contribution >= 0.6 is 0 Å². The van der Waals surface area contributed by atoms with E-state index in [0.717, 1.165) is 17.8 Å². The first-order valence-electron chi connectivity index (χ1n) is 8.69. The quantitative estimate of drug-likeness (QED) is 0.838. The SMILES string of the molecule is CC(C)(C)[C@H](NC(=O)CC12CC3CC(CC(C3)C1)C2)C(=O)O. The molecule has 4 saturated carbocycles. The largest absolute Gasteiger partial charge is 0.480 e. The van der Waals surface area contributed by atoms with Crippen LogP contribution in [0.4, 0.5) is 0 Å². The highest BCUT2D eigenvalue weighted by Crippen LogP contribution is 2.61. The molecule has 0 aliphatic heterocycles. The summed E-state index contributed by atoms with van der Waals surface area (Å²) in [5.41, 5.74) is -0.303. The minimum absolute atomic E-state index is 0.0655. The third-order valence-electron chi connectivity index (χ3n) is 6.12. The molecule has 0 unspecified atom stereocenters. The zero-order chi connectivity index (χ0) is 16.1. The molecule has 4 heteroatoms. The number of hydrogen-bond donors (Lipinski definition) is 2. The Morgan fingerprint density at radius 1 is 1.09 bits per heavy atom. The van der Waals surface area contributed by atoms with Gasteiger partial charge in [0, 0.05) is 6.42 Å². The topological polar surface area (TPSA) is 66.4 Å². The molecule has 4 nitrogen and oxygen atoms in total. The van der Waals surface area contributed by atoms with Gasteiger partial charge in [0.1, 0.15) is 6.04 Å². The van der Waals surface area contributed by atoms with Crippen molar-refractivity contribution in [2.45, 2.75) is 71.8 Å². The molecule has 22 heavy (non-hydrogen) atoms. The molecule has 4 aliphatic rings. The highest BCUT2D eigenvalue weighted by Gasteiger charge is 2.51. The van der Waals surface area contributed by atoms with Gasteiger partial charge in [-0.1, -0.05) is 20.8 Å². The lowest BCUT2D eigenvalue weighted by molar-refractivity contribution is -0.146. The van der Waals surface area contributed by atoms with Gasteiger partial charge in [0.15, 0.2) is 0 Å². The van der Waals surface area contributed by atoms with Gasteiger partial charge >= 0.3 is 5.97 Å². The summed E-state index contributed by atoms with van der Waals surface area (Å²) in [5, 5.41) is 12.2. The zero-order valence-electron chi connectivity index (χ0n) is 14.0. The van der Waals surface area contributed by atoms with Crippen molar-refractivity contribution in [1.29, 1.82) is 0 Å². The van der Waals surface area contributed by atoms with Gasteiger partial charge in [-0.15, -0.1) is 0 Å². The van der Waals surface area contributed by atoms with Gasteiger partial charge in [-0.05, 0) is 67.1 Å². The summed E-state index contributed by atoms with van der Waals surface area (Å²) >= 11 is 0. The molecule has 124 valence electrons. The number of carbonyl (C=O) groups is 2. The average Bonchev–Trinajstić information content (AvgIpc) is 2.31. The predicted molar refractivity (Wildman–Crippen MR) is 84.2 cm³/mol. The van der Waals surface area contributed by atoms with Crippen molar-refractivity contribution in [2.24, 2.45) is 28.6 Å². The molecule has 4 bridgehead atoms. The Morgan fingerprint density at radius 3 is 1.91 bits per heavy atom. The van der Waals surface area contributed by atoms with E-state index in [1.54, 1.807) is 0 Å². The molecule has 0 aromatic rings. The Labute approximate surface area is 133 Å². The smallest absolute Gasteiger partial charge is 0.326 e. The Kier molecular flexibility index (Phi) is 3.77. The Hall–Kier alpha value is -1.06. The van der Waals surface area contributed by atoms with E-state index in [9.17, 15) is 14.7 Å². The van der Waals surface area contributed by atoms with Crippen molar-refractivity contribution in [1.82, 2.24) is 5.32 Å². The third kappa shape index (κ3) is 3.02. The lowest BCUT2D eigenvalue weighted by Gasteiger charge is -2.56. The maximum absolute atomic E-state index is 12.5. The van der Waals surface area contributed by atoms with E-state index in [1.165, 1.54) is 38.5 Å². The first kappa shape index (κ1) is 15.8. The maximum atomic E-state index is 12.5. The van der Waals surface area contributed by atoms with Crippen LogP contribution in [0, 0.1) is 28.6 Å². The van der Waals surface area contributed by atoms with Crippen molar-refractivity contribution in [2.75, 3.05) is 0 Å². The van der Waals surface area contributed by atoms with E-state index >= 15 is 0 Å². The van der Waals surface area contributed by atoms with Crippen molar-refractivity contribution >= 4 is 11.9 Å². The number of carboxylic acid groups (broad SMARTS) is 1. The predicted octanol–water partition coefficient (Wildman–Crippen LogP) is 3.21. The second-order valence-corrected chi connectivity index (χ2v) is 9.30. The van der Waals surface area contributed by atoms with E-state index in [-0.39, 0.29) is 11.3 Å². The van der Waals surface area contributed by atoms with Gasteiger partial charge < -0.3 is 10.4 Å². The highest BCUT2D eigenvalue weighted by atomic mass is 16.4. The number of nitrogens with one attached hydrogen (secondary N) is 1. The molecule has 4 aliphatic carbocycles. The molecule has 4 fully saturated rings. The molecular weight excluding hydrogens is 278 g/mol. The van der Waals surface area contributed by atoms with E-state index in [1.807, 2.05) is 20.8 Å². The number of carbonyl (C=O) groups excluding carboxylic acids is 1. The molecule has 1 atom stereocenters. The molecule has 0 aromatic heterocycles. The molecule has 0 aromatic carbocycles. The molecule has 0 heterocycles. The van der Waals surface area contributed by atoms with Crippen LogP contribution in [0.25, 0.3) is 0 Å². The maximum Gasteiger partial charge on any atom is 0.326 e. The summed E-state index contributed by atoms with van der Waals surface area (Å²) in [4.78, 5) is 23.9. The fourth-order valence-electron chi connectivity index (χ4n) is 5.71. The molecular formula is C18H29NO3. The molecule has 0 radical (unpaired) electrons. The second-order valence-electron chi connectivity index (χ2n) is 9.30. The van der Waals surface area contributed by atoms with Gasteiger partial charge in [0.2, 0.25) is 5.91 Å². The van der Waals surface area contributed by atoms with Gasteiger partial charge in [-0.2, -0.15) is 0 Å². The Morgan fingerprint density at radius 2 is 1.55 bits per heavy atom. The summed E-state index contributed by atoms with van der Waals surface area (Å²) in [5.74, 6) is 1.45. The van der Waals surface area contributed by atoms with Crippen LogP contribution in [0.15, 0.2) is 0 Å². The van der Waals surface area contributed by atoms with Crippen LogP contribution in [0.2, 0.25) is 0 Å². The number of rotatable bonds is 4.